The summed E-state index contributed by atoms with van der Waals surface area (Å²) < 4.78 is 7.76. The summed E-state index contributed by atoms with van der Waals surface area (Å²) in [5.41, 5.74) is 12.0. The van der Waals surface area contributed by atoms with Gasteiger partial charge in [-0.05, 0) is 31.0 Å². The van der Waals surface area contributed by atoms with Crippen molar-refractivity contribution in [1.82, 2.24) is 14.5 Å². The number of nitrogens with one attached hydrogen (secondary N) is 1. The second-order valence-electron chi connectivity index (χ2n) is 7.87. The van der Waals surface area contributed by atoms with Crippen LogP contribution < -0.4 is 20.7 Å². The van der Waals surface area contributed by atoms with Gasteiger partial charge in [0.25, 0.3) is 0 Å². The summed E-state index contributed by atoms with van der Waals surface area (Å²) >= 11 is 0. The van der Waals surface area contributed by atoms with Gasteiger partial charge >= 0.3 is 0 Å². The summed E-state index contributed by atoms with van der Waals surface area (Å²) in [6.45, 7) is 2.05. The molecular formula is C24H26N6O. The first-order valence-corrected chi connectivity index (χ1v) is 10.5. The fourth-order valence-corrected chi connectivity index (χ4v) is 4.32. The second kappa shape index (κ2) is 7.83. The highest BCUT2D eigenvalue weighted by Gasteiger charge is 2.18. The molecule has 7 nitrogen and oxygen atoms in total. The molecule has 4 aromatic rings. The van der Waals surface area contributed by atoms with Crippen LogP contribution >= 0.6 is 0 Å². The van der Waals surface area contributed by atoms with Gasteiger partial charge in [0.2, 0.25) is 5.95 Å². The Balaban J connectivity index is 1.49. The number of methoxy groups -OCH3 is 1. The Kier molecular flexibility index (Phi) is 4.86. The number of rotatable bonds is 5. The number of hydrogen-bond donors (Lipinski definition) is 2. The summed E-state index contributed by atoms with van der Waals surface area (Å²) in [6.07, 6.45) is 6.24. The average Bonchev–Trinajstić information content (AvgIpc) is 3.43. The molecule has 7 heteroatoms. The van der Waals surface area contributed by atoms with Gasteiger partial charge in [-0.1, -0.05) is 18.2 Å². The SMILES string of the molecule is COc1cc(N2CCCC2)c(N)cc1Nc1nccc(-c2cn(C)c3ccccc23)n1. The number of nitrogens with two attached hydrogens (primary N) is 1. The molecule has 3 N–H and O–H groups in total. The molecule has 0 atom stereocenters. The van der Waals surface area contributed by atoms with Crippen molar-refractivity contribution >= 4 is 33.9 Å². The Labute approximate surface area is 181 Å². The Morgan fingerprint density at radius 2 is 1.90 bits per heavy atom. The van der Waals surface area contributed by atoms with Gasteiger partial charge in [-0.2, -0.15) is 0 Å². The van der Waals surface area contributed by atoms with Crippen molar-refractivity contribution in [2.24, 2.45) is 7.05 Å². The number of aryl methyl sites for hydroxylation is 1. The Hall–Kier alpha value is -3.74. The summed E-state index contributed by atoms with van der Waals surface area (Å²) in [6, 6.07) is 14.1. The van der Waals surface area contributed by atoms with E-state index in [1.54, 1.807) is 13.3 Å². The number of ether oxygens (including phenoxy) is 1. The molecule has 1 fully saturated rings. The van der Waals surface area contributed by atoms with E-state index in [0.717, 1.165) is 58.1 Å². The van der Waals surface area contributed by atoms with Gasteiger partial charge in [0.1, 0.15) is 5.75 Å². The fourth-order valence-electron chi connectivity index (χ4n) is 4.32. The highest BCUT2D eigenvalue weighted by Crippen LogP contribution is 2.38. The van der Waals surface area contributed by atoms with Gasteiger partial charge in [0.05, 0.1) is 29.9 Å². The van der Waals surface area contributed by atoms with Gasteiger partial charge in [-0.25, -0.2) is 9.97 Å². The van der Waals surface area contributed by atoms with E-state index in [1.165, 1.54) is 12.8 Å². The number of nitrogens with zero attached hydrogens (tertiary/aromatic N) is 4. The van der Waals surface area contributed by atoms with E-state index in [2.05, 4.69) is 38.1 Å². The molecule has 31 heavy (non-hydrogen) atoms. The molecule has 0 spiro atoms. The topological polar surface area (TPSA) is 81.2 Å². The monoisotopic (exact) mass is 414 g/mol. The maximum Gasteiger partial charge on any atom is 0.227 e. The first-order valence-electron chi connectivity index (χ1n) is 10.5. The van der Waals surface area contributed by atoms with Crippen molar-refractivity contribution in [3.05, 3.63) is 54.9 Å². The lowest BCUT2D eigenvalue weighted by molar-refractivity contribution is 0.417. The molecule has 0 radical (unpaired) electrons. The van der Waals surface area contributed by atoms with Gasteiger partial charge in [0, 0.05) is 55.1 Å². The van der Waals surface area contributed by atoms with Crippen LogP contribution in [0.3, 0.4) is 0 Å². The zero-order chi connectivity index (χ0) is 21.4. The molecule has 158 valence electrons. The molecule has 1 aliphatic heterocycles. The van der Waals surface area contributed by atoms with Crippen LogP contribution in [0.4, 0.5) is 23.0 Å². The third kappa shape index (κ3) is 3.52. The molecule has 0 bridgehead atoms. The smallest absolute Gasteiger partial charge is 0.227 e. The van der Waals surface area contributed by atoms with E-state index in [4.69, 9.17) is 15.5 Å². The van der Waals surface area contributed by atoms with Crippen molar-refractivity contribution in [3.8, 4) is 17.0 Å². The van der Waals surface area contributed by atoms with Crippen molar-refractivity contribution in [1.29, 1.82) is 0 Å². The average molecular weight is 415 g/mol. The van der Waals surface area contributed by atoms with E-state index < -0.39 is 0 Å². The predicted octanol–water partition coefficient (Wildman–Crippen LogP) is 4.57. The Morgan fingerprint density at radius 3 is 2.71 bits per heavy atom. The van der Waals surface area contributed by atoms with Gasteiger partial charge in [0.15, 0.2) is 0 Å². The highest BCUT2D eigenvalue weighted by atomic mass is 16.5. The van der Waals surface area contributed by atoms with Crippen LogP contribution in [0.2, 0.25) is 0 Å². The largest absolute Gasteiger partial charge is 0.494 e. The lowest BCUT2D eigenvalue weighted by Crippen LogP contribution is -2.19. The fraction of sp³-hybridized carbons (Fsp3) is 0.250. The minimum Gasteiger partial charge on any atom is -0.494 e. The normalized spacial score (nSPS) is 13.7. The lowest BCUT2D eigenvalue weighted by atomic mass is 10.1. The number of fused-ring (bicyclic) bond motifs is 1. The quantitative estimate of drug-likeness (QED) is 0.466. The van der Waals surface area contributed by atoms with Crippen molar-refractivity contribution in [2.75, 3.05) is 36.1 Å². The minimum absolute atomic E-state index is 0.497. The molecule has 0 aliphatic carbocycles. The second-order valence-corrected chi connectivity index (χ2v) is 7.87. The molecule has 3 heterocycles. The zero-order valence-electron chi connectivity index (χ0n) is 17.8. The van der Waals surface area contributed by atoms with Crippen LogP contribution in [0.1, 0.15) is 12.8 Å². The summed E-state index contributed by atoms with van der Waals surface area (Å²) in [5, 5.41) is 4.45. The Morgan fingerprint density at radius 1 is 1.10 bits per heavy atom. The number of hydrogen-bond acceptors (Lipinski definition) is 6. The predicted molar refractivity (Wildman–Crippen MR) is 126 cm³/mol. The number of aromatic nitrogens is 3. The van der Waals surface area contributed by atoms with Crippen molar-refractivity contribution in [2.45, 2.75) is 12.8 Å². The molecule has 2 aromatic carbocycles. The molecule has 0 unspecified atom stereocenters. The van der Waals surface area contributed by atoms with Gasteiger partial charge in [-0.3, -0.25) is 0 Å². The van der Waals surface area contributed by atoms with Crippen LogP contribution in [0.25, 0.3) is 22.2 Å². The molecule has 1 saturated heterocycles. The number of anilines is 4. The summed E-state index contributed by atoms with van der Waals surface area (Å²) in [4.78, 5) is 11.5. The number of benzene rings is 2. The summed E-state index contributed by atoms with van der Waals surface area (Å²) in [7, 11) is 3.71. The first kappa shape index (κ1) is 19.2. The third-order valence-corrected chi connectivity index (χ3v) is 5.87. The van der Waals surface area contributed by atoms with Gasteiger partial charge in [-0.15, -0.1) is 0 Å². The summed E-state index contributed by atoms with van der Waals surface area (Å²) in [5.74, 6) is 1.22. The van der Waals surface area contributed by atoms with E-state index in [-0.39, 0.29) is 0 Å². The number of nitrogen functional groups attached to an aromatic ring is 1. The van der Waals surface area contributed by atoms with Crippen LogP contribution in [-0.4, -0.2) is 34.7 Å². The van der Waals surface area contributed by atoms with Gasteiger partial charge < -0.3 is 25.3 Å². The van der Waals surface area contributed by atoms with E-state index in [1.807, 2.05) is 37.4 Å². The minimum atomic E-state index is 0.497. The van der Waals surface area contributed by atoms with Crippen LogP contribution in [0, 0.1) is 0 Å². The van der Waals surface area contributed by atoms with E-state index >= 15 is 0 Å². The molecule has 2 aromatic heterocycles. The van der Waals surface area contributed by atoms with Crippen LogP contribution in [-0.2, 0) is 7.05 Å². The van der Waals surface area contributed by atoms with Crippen molar-refractivity contribution in [3.63, 3.8) is 0 Å². The zero-order valence-corrected chi connectivity index (χ0v) is 17.8. The lowest BCUT2D eigenvalue weighted by Gasteiger charge is -2.22. The molecular weight excluding hydrogens is 388 g/mol. The molecule has 5 rings (SSSR count). The standard InChI is InChI=1S/C24H26N6O/c1-29-15-17(16-7-3-4-8-21(16)29)19-9-10-26-24(27-19)28-20-13-18(25)22(14-23(20)31-2)30-11-5-6-12-30/h3-4,7-10,13-15H,5-6,11-12,25H2,1-2H3,(H,26,27,28). The highest BCUT2D eigenvalue weighted by molar-refractivity contribution is 5.95. The molecule has 0 amide bonds. The maximum atomic E-state index is 6.38. The van der Waals surface area contributed by atoms with E-state index in [0.29, 0.717) is 5.95 Å². The molecule has 0 saturated carbocycles. The first-order chi connectivity index (χ1) is 15.1. The molecule has 1 aliphatic rings. The maximum absolute atomic E-state index is 6.38. The van der Waals surface area contributed by atoms with Crippen molar-refractivity contribution < 1.29 is 4.74 Å². The third-order valence-electron chi connectivity index (χ3n) is 5.87. The Bertz CT molecular complexity index is 1240. The number of para-hydroxylation sites is 1. The van der Waals surface area contributed by atoms with Crippen LogP contribution in [0.5, 0.6) is 5.75 Å². The van der Waals surface area contributed by atoms with Crippen LogP contribution in [0.15, 0.2) is 54.9 Å². The van der Waals surface area contributed by atoms with E-state index in [9.17, 15) is 0 Å².